The molecule has 0 aromatic heterocycles. The molecule has 88 valence electrons. The van der Waals surface area contributed by atoms with Crippen molar-refractivity contribution < 1.29 is 9.90 Å². The van der Waals surface area contributed by atoms with Gasteiger partial charge in [-0.3, -0.25) is 4.79 Å². The van der Waals surface area contributed by atoms with E-state index in [-0.39, 0.29) is 11.3 Å². The number of nitrogens with zero attached hydrogens (tertiary/aromatic N) is 2. The van der Waals surface area contributed by atoms with Crippen molar-refractivity contribution in [1.29, 1.82) is 5.26 Å². The van der Waals surface area contributed by atoms with Crippen LogP contribution in [0.3, 0.4) is 0 Å². The summed E-state index contributed by atoms with van der Waals surface area (Å²) in [4.78, 5) is 13.1. The quantitative estimate of drug-likeness (QED) is 0.499. The smallest absolute Gasteiger partial charge is 0.272 e. The predicted molar refractivity (Wildman–Crippen MR) is 65.8 cm³/mol. The molecule has 0 heterocycles. The van der Waals surface area contributed by atoms with Gasteiger partial charge in [0.1, 0.15) is 11.8 Å². The number of likely N-dealkylation sites (N-methyl/N-ethyl adjacent to an activating group) is 1. The van der Waals surface area contributed by atoms with Gasteiger partial charge in [0.15, 0.2) is 5.57 Å². The standard InChI is InChI=1S/C12H11ClN2O2/c1-8(16)11(7-14)12(17)15(2)10-5-3-9(13)4-6-10/h3-6,16H,1-2H3/b11-8-. The van der Waals surface area contributed by atoms with E-state index in [1.807, 2.05) is 0 Å². The third kappa shape index (κ3) is 2.99. The summed E-state index contributed by atoms with van der Waals surface area (Å²) in [5.41, 5.74) is 0.316. The molecule has 17 heavy (non-hydrogen) atoms. The Morgan fingerprint density at radius 1 is 1.41 bits per heavy atom. The van der Waals surface area contributed by atoms with Crippen molar-refractivity contribution in [1.82, 2.24) is 0 Å². The first-order valence-electron chi connectivity index (χ1n) is 4.81. The Morgan fingerprint density at radius 2 is 1.94 bits per heavy atom. The number of aliphatic hydroxyl groups is 1. The van der Waals surface area contributed by atoms with Gasteiger partial charge in [-0.05, 0) is 31.2 Å². The maximum atomic E-state index is 11.9. The normalized spacial score (nSPS) is 11.4. The van der Waals surface area contributed by atoms with Crippen molar-refractivity contribution in [2.24, 2.45) is 0 Å². The van der Waals surface area contributed by atoms with Gasteiger partial charge in [-0.25, -0.2) is 0 Å². The van der Waals surface area contributed by atoms with E-state index < -0.39 is 5.91 Å². The highest BCUT2D eigenvalue weighted by atomic mass is 35.5. The Balaban J connectivity index is 3.03. The van der Waals surface area contributed by atoms with Gasteiger partial charge in [0, 0.05) is 17.8 Å². The Labute approximate surface area is 104 Å². The summed E-state index contributed by atoms with van der Waals surface area (Å²) in [5.74, 6) is -0.854. The fourth-order valence-electron chi connectivity index (χ4n) is 1.23. The molecule has 0 fully saturated rings. The number of benzene rings is 1. The molecule has 1 amide bonds. The van der Waals surface area contributed by atoms with Crippen LogP contribution in [0.2, 0.25) is 5.02 Å². The van der Waals surface area contributed by atoms with Crippen molar-refractivity contribution >= 4 is 23.2 Å². The van der Waals surface area contributed by atoms with Gasteiger partial charge in [0.2, 0.25) is 0 Å². The number of hydrogen-bond acceptors (Lipinski definition) is 3. The van der Waals surface area contributed by atoms with Gasteiger partial charge in [-0.2, -0.15) is 5.26 Å². The van der Waals surface area contributed by atoms with E-state index in [1.165, 1.54) is 18.9 Å². The van der Waals surface area contributed by atoms with E-state index in [1.54, 1.807) is 30.3 Å². The number of nitriles is 1. The molecule has 0 aliphatic carbocycles. The SMILES string of the molecule is C/C(O)=C(\C#N)C(=O)N(C)c1ccc(Cl)cc1. The third-order valence-corrected chi connectivity index (χ3v) is 2.46. The largest absolute Gasteiger partial charge is 0.511 e. The fourth-order valence-corrected chi connectivity index (χ4v) is 1.36. The Kier molecular flexibility index (Phi) is 4.13. The van der Waals surface area contributed by atoms with Gasteiger partial charge >= 0.3 is 0 Å². The van der Waals surface area contributed by atoms with E-state index in [0.717, 1.165) is 0 Å². The number of amides is 1. The van der Waals surface area contributed by atoms with E-state index in [2.05, 4.69) is 0 Å². The molecule has 1 rings (SSSR count). The van der Waals surface area contributed by atoms with Crippen LogP contribution in [0.5, 0.6) is 0 Å². The molecule has 0 atom stereocenters. The van der Waals surface area contributed by atoms with Crippen molar-refractivity contribution in [3.8, 4) is 6.07 Å². The molecule has 1 N–H and O–H groups in total. The summed E-state index contributed by atoms with van der Waals surface area (Å²) in [7, 11) is 1.52. The lowest BCUT2D eigenvalue weighted by atomic mass is 10.2. The highest BCUT2D eigenvalue weighted by Gasteiger charge is 2.18. The minimum absolute atomic E-state index is 0.276. The lowest BCUT2D eigenvalue weighted by molar-refractivity contribution is -0.114. The van der Waals surface area contributed by atoms with Crippen molar-refractivity contribution in [3.63, 3.8) is 0 Å². The molecule has 0 spiro atoms. The maximum Gasteiger partial charge on any atom is 0.272 e. The number of allylic oxidation sites excluding steroid dienone is 1. The zero-order valence-electron chi connectivity index (χ0n) is 9.44. The molecule has 0 saturated carbocycles. The summed E-state index contributed by atoms with van der Waals surface area (Å²) in [6.45, 7) is 1.30. The Bertz CT molecular complexity index is 496. The Hall–Kier alpha value is -1.99. The van der Waals surface area contributed by atoms with Crippen LogP contribution in [-0.4, -0.2) is 18.1 Å². The number of aliphatic hydroxyl groups excluding tert-OH is 1. The number of anilines is 1. The van der Waals surface area contributed by atoms with Crippen LogP contribution in [0.1, 0.15) is 6.92 Å². The molecule has 0 bridgehead atoms. The maximum absolute atomic E-state index is 11.9. The number of halogens is 1. The lowest BCUT2D eigenvalue weighted by Crippen LogP contribution is -2.27. The topological polar surface area (TPSA) is 64.3 Å². The first-order chi connectivity index (χ1) is 7.97. The highest BCUT2D eigenvalue weighted by molar-refractivity contribution is 6.30. The molecule has 0 radical (unpaired) electrons. The number of carbonyl (C=O) groups is 1. The monoisotopic (exact) mass is 250 g/mol. The third-order valence-electron chi connectivity index (χ3n) is 2.21. The lowest BCUT2D eigenvalue weighted by Gasteiger charge is -2.16. The minimum atomic E-state index is -0.560. The molecule has 0 unspecified atom stereocenters. The molecular formula is C12H11ClN2O2. The average Bonchev–Trinajstić information content (AvgIpc) is 2.29. The Morgan fingerprint density at radius 3 is 2.35 bits per heavy atom. The van der Waals surface area contributed by atoms with Gasteiger partial charge in [0.25, 0.3) is 5.91 Å². The van der Waals surface area contributed by atoms with Crippen LogP contribution in [-0.2, 0) is 4.79 Å². The van der Waals surface area contributed by atoms with Crippen molar-refractivity contribution in [2.45, 2.75) is 6.92 Å². The second-order valence-electron chi connectivity index (χ2n) is 3.41. The molecular weight excluding hydrogens is 240 g/mol. The summed E-state index contributed by atoms with van der Waals surface area (Å²) < 4.78 is 0. The zero-order valence-corrected chi connectivity index (χ0v) is 10.2. The highest BCUT2D eigenvalue weighted by Crippen LogP contribution is 2.18. The number of rotatable bonds is 2. The van der Waals surface area contributed by atoms with Gasteiger partial charge in [0.05, 0.1) is 0 Å². The van der Waals surface area contributed by atoms with Crippen molar-refractivity contribution in [3.05, 3.63) is 40.6 Å². The van der Waals surface area contributed by atoms with Gasteiger partial charge in [-0.1, -0.05) is 11.6 Å². The summed E-state index contributed by atoms with van der Waals surface area (Å²) in [6.07, 6.45) is 0. The molecule has 1 aromatic rings. The second kappa shape index (κ2) is 5.37. The van der Waals surface area contributed by atoms with Crippen LogP contribution >= 0.6 is 11.6 Å². The van der Waals surface area contributed by atoms with E-state index >= 15 is 0 Å². The van der Waals surface area contributed by atoms with Crippen LogP contribution in [0, 0.1) is 11.3 Å². The first-order valence-corrected chi connectivity index (χ1v) is 5.18. The van der Waals surface area contributed by atoms with Crippen LogP contribution in [0.4, 0.5) is 5.69 Å². The van der Waals surface area contributed by atoms with E-state index in [4.69, 9.17) is 16.9 Å². The van der Waals surface area contributed by atoms with Crippen LogP contribution < -0.4 is 4.90 Å². The van der Waals surface area contributed by atoms with Crippen LogP contribution in [0.25, 0.3) is 0 Å². The first kappa shape index (κ1) is 13.1. The number of hydrogen-bond donors (Lipinski definition) is 1. The van der Waals surface area contributed by atoms with Gasteiger partial charge in [-0.15, -0.1) is 0 Å². The predicted octanol–water partition coefficient (Wildman–Crippen LogP) is 2.66. The molecule has 5 heteroatoms. The second-order valence-corrected chi connectivity index (χ2v) is 3.85. The fraction of sp³-hybridized carbons (Fsp3) is 0.167. The van der Waals surface area contributed by atoms with E-state index in [0.29, 0.717) is 10.7 Å². The average molecular weight is 251 g/mol. The molecule has 0 aliphatic rings. The molecule has 1 aromatic carbocycles. The minimum Gasteiger partial charge on any atom is -0.511 e. The van der Waals surface area contributed by atoms with Gasteiger partial charge < -0.3 is 10.0 Å². The van der Waals surface area contributed by atoms with Crippen molar-refractivity contribution in [2.75, 3.05) is 11.9 Å². The molecule has 4 nitrogen and oxygen atoms in total. The zero-order chi connectivity index (χ0) is 13.0. The summed E-state index contributed by atoms with van der Waals surface area (Å²) in [5, 5.41) is 18.5. The number of carbonyl (C=O) groups excluding carboxylic acids is 1. The molecule has 0 aliphatic heterocycles. The summed E-state index contributed by atoms with van der Waals surface area (Å²) in [6, 6.07) is 8.27. The van der Waals surface area contributed by atoms with E-state index in [9.17, 15) is 9.90 Å². The van der Waals surface area contributed by atoms with Crippen LogP contribution in [0.15, 0.2) is 35.6 Å². The molecule has 0 saturated heterocycles. The summed E-state index contributed by atoms with van der Waals surface area (Å²) >= 11 is 5.73.